The largest absolute Gasteiger partial charge is 0.508 e. The SMILES string of the molecule is O=C(/C=C\c1ccccc1)OC[C@H]1O[C@@H](Oc2c(-c3ccc(O)cc3)oc3cc(O)cc(O)c3c2=O)[C@H](O)[C@H](O)[C@@H]1O. The van der Waals surface area contributed by atoms with Gasteiger partial charge in [0.25, 0.3) is 0 Å². The molecule has 2 heterocycles. The first-order chi connectivity index (χ1) is 20.1. The summed E-state index contributed by atoms with van der Waals surface area (Å²) in [6, 6.07) is 16.4. The summed E-state index contributed by atoms with van der Waals surface area (Å²) in [7, 11) is 0. The minimum Gasteiger partial charge on any atom is -0.508 e. The molecule has 1 fully saturated rings. The third-order valence-corrected chi connectivity index (χ3v) is 6.55. The molecular weight excluding hydrogens is 552 g/mol. The maximum atomic E-state index is 13.5. The molecule has 5 rings (SSSR count). The van der Waals surface area contributed by atoms with Crippen LogP contribution in [0, 0.1) is 0 Å². The summed E-state index contributed by atoms with van der Waals surface area (Å²) in [5.74, 6) is -2.62. The van der Waals surface area contributed by atoms with Crippen molar-refractivity contribution in [1.82, 2.24) is 0 Å². The van der Waals surface area contributed by atoms with E-state index in [0.29, 0.717) is 0 Å². The van der Waals surface area contributed by atoms with Crippen molar-refractivity contribution in [1.29, 1.82) is 0 Å². The molecule has 0 radical (unpaired) electrons. The summed E-state index contributed by atoms with van der Waals surface area (Å²) in [5.41, 5.74) is -0.134. The van der Waals surface area contributed by atoms with Crippen LogP contribution in [-0.4, -0.2) is 73.9 Å². The Morgan fingerprint density at radius 1 is 0.881 bits per heavy atom. The number of esters is 1. The van der Waals surface area contributed by atoms with Gasteiger partial charge in [0.15, 0.2) is 5.76 Å². The lowest BCUT2D eigenvalue weighted by atomic mass is 9.99. The molecule has 3 aromatic carbocycles. The van der Waals surface area contributed by atoms with Crippen molar-refractivity contribution in [2.45, 2.75) is 30.7 Å². The number of benzene rings is 3. The fraction of sp³-hybridized carbons (Fsp3) is 0.200. The third-order valence-electron chi connectivity index (χ3n) is 6.55. The normalized spacial score (nSPS) is 22.3. The van der Waals surface area contributed by atoms with E-state index in [1.54, 1.807) is 24.3 Å². The van der Waals surface area contributed by atoms with Gasteiger partial charge >= 0.3 is 5.97 Å². The van der Waals surface area contributed by atoms with E-state index in [9.17, 15) is 40.2 Å². The molecule has 218 valence electrons. The molecule has 1 aromatic heterocycles. The van der Waals surface area contributed by atoms with Gasteiger partial charge in [-0.05, 0) is 35.9 Å². The maximum Gasteiger partial charge on any atom is 0.330 e. The van der Waals surface area contributed by atoms with Gasteiger partial charge in [0.05, 0.1) is 0 Å². The molecule has 12 nitrogen and oxygen atoms in total. The quantitative estimate of drug-likeness (QED) is 0.138. The number of carbonyl (C=O) groups is 1. The van der Waals surface area contributed by atoms with E-state index < -0.39 is 60.2 Å². The van der Waals surface area contributed by atoms with E-state index in [1.165, 1.54) is 30.3 Å². The highest BCUT2D eigenvalue weighted by atomic mass is 16.7. The second-order valence-corrected chi connectivity index (χ2v) is 9.48. The van der Waals surface area contributed by atoms with Crippen LogP contribution >= 0.6 is 0 Å². The zero-order valence-electron chi connectivity index (χ0n) is 21.7. The number of hydrogen-bond donors (Lipinski definition) is 6. The molecule has 42 heavy (non-hydrogen) atoms. The summed E-state index contributed by atoms with van der Waals surface area (Å²) in [6.45, 7) is -0.542. The minimum absolute atomic E-state index is 0.0845. The third kappa shape index (κ3) is 5.92. The van der Waals surface area contributed by atoms with E-state index in [4.69, 9.17) is 18.6 Å². The predicted octanol–water partition coefficient (Wildman–Crippen LogP) is 2.02. The second-order valence-electron chi connectivity index (χ2n) is 9.48. The van der Waals surface area contributed by atoms with Crippen LogP contribution in [-0.2, 0) is 14.3 Å². The van der Waals surface area contributed by atoms with Crippen LogP contribution in [0.15, 0.2) is 82.0 Å². The van der Waals surface area contributed by atoms with E-state index in [1.807, 2.05) is 6.07 Å². The highest BCUT2D eigenvalue weighted by Gasteiger charge is 2.46. The highest BCUT2D eigenvalue weighted by molar-refractivity contribution is 5.88. The van der Waals surface area contributed by atoms with Crippen molar-refractivity contribution in [3.8, 4) is 34.3 Å². The van der Waals surface area contributed by atoms with Gasteiger partial charge < -0.3 is 49.3 Å². The Kier molecular flexibility index (Phi) is 8.13. The topological polar surface area (TPSA) is 196 Å². The molecule has 0 spiro atoms. The van der Waals surface area contributed by atoms with Crippen molar-refractivity contribution < 1.29 is 54.1 Å². The van der Waals surface area contributed by atoms with Crippen molar-refractivity contribution >= 4 is 23.0 Å². The van der Waals surface area contributed by atoms with Crippen LogP contribution in [0.25, 0.3) is 28.4 Å². The number of aliphatic hydroxyl groups excluding tert-OH is 3. The van der Waals surface area contributed by atoms with Gasteiger partial charge in [-0.15, -0.1) is 0 Å². The lowest BCUT2D eigenvalue weighted by Gasteiger charge is -2.39. The van der Waals surface area contributed by atoms with Crippen molar-refractivity contribution in [3.63, 3.8) is 0 Å². The summed E-state index contributed by atoms with van der Waals surface area (Å²) in [6.07, 6.45) is -5.87. The molecule has 0 unspecified atom stereocenters. The summed E-state index contributed by atoms with van der Waals surface area (Å²) < 4.78 is 22.3. The van der Waals surface area contributed by atoms with Crippen LogP contribution in [0.2, 0.25) is 0 Å². The first-order valence-corrected chi connectivity index (χ1v) is 12.7. The molecule has 1 aliphatic heterocycles. The fourth-order valence-corrected chi connectivity index (χ4v) is 4.39. The first-order valence-electron chi connectivity index (χ1n) is 12.7. The molecule has 1 saturated heterocycles. The molecule has 5 atom stereocenters. The van der Waals surface area contributed by atoms with E-state index in [0.717, 1.165) is 23.8 Å². The molecule has 6 N–H and O–H groups in total. The zero-order chi connectivity index (χ0) is 30.0. The minimum atomic E-state index is -1.87. The van der Waals surface area contributed by atoms with Crippen LogP contribution in [0.1, 0.15) is 5.56 Å². The number of carbonyl (C=O) groups excluding carboxylic acids is 1. The van der Waals surface area contributed by atoms with Gasteiger partial charge in [-0.3, -0.25) is 4.79 Å². The van der Waals surface area contributed by atoms with Crippen LogP contribution < -0.4 is 10.2 Å². The van der Waals surface area contributed by atoms with Crippen molar-refractivity contribution in [2.24, 2.45) is 0 Å². The number of ether oxygens (including phenoxy) is 3. The predicted molar refractivity (Wildman–Crippen MR) is 147 cm³/mol. The van der Waals surface area contributed by atoms with Gasteiger partial charge in [-0.25, -0.2) is 4.79 Å². The van der Waals surface area contributed by atoms with Crippen LogP contribution in [0.5, 0.6) is 23.0 Å². The monoisotopic (exact) mass is 578 g/mol. The average molecular weight is 579 g/mol. The molecule has 0 amide bonds. The van der Waals surface area contributed by atoms with Gasteiger partial charge in [-0.1, -0.05) is 30.3 Å². The molecule has 0 aliphatic carbocycles. The van der Waals surface area contributed by atoms with Gasteiger partial charge in [0.1, 0.15) is 59.2 Å². The van der Waals surface area contributed by atoms with Crippen LogP contribution in [0.4, 0.5) is 0 Å². The lowest BCUT2D eigenvalue weighted by Crippen LogP contribution is -2.60. The summed E-state index contributed by atoms with van der Waals surface area (Å²) >= 11 is 0. The Labute approximate surface area is 237 Å². The molecular formula is C30H26O12. The number of phenols is 3. The number of fused-ring (bicyclic) bond motifs is 1. The smallest absolute Gasteiger partial charge is 0.330 e. The fourth-order valence-electron chi connectivity index (χ4n) is 4.39. The van der Waals surface area contributed by atoms with E-state index in [-0.39, 0.29) is 33.8 Å². The molecule has 12 heteroatoms. The Morgan fingerprint density at radius 3 is 2.31 bits per heavy atom. The second kappa shape index (κ2) is 11.9. The zero-order valence-corrected chi connectivity index (χ0v) is 21.7. The van der Waals surface area contributed by atoms with Crippen LogP contribution in [0.3, 0.4) is 0 Å². The Morgan fingerprint density at radius 2 is 1.60 bits per heavy atom. The highest BCUT2D eigenvalue weighted by Crippen LogP contribution is 2.37. The van der Waals surface area contributed by atoms with Gasteiger partial charge in [-0.2, -0.15) is 0 Å². The number of hydrogen-bond acceptors (Lipinski definition) is 12. The molecule has 0 saturated carbocycles. The van der Waals surface area contributed by atoms with E-state index in [2.05, 4.69) is 0 Å². The molecule has 4 aromatic rings. The summed E-state index contributed by atoms with van der Waals surface area (Å²) in [4.78, 5) is 25.8. The average Bonchev–Trinajstić information content (AvgIpc) is 2.97. The summed E-state index contributed by atoms with van der Waals surface area (Å²) in [5, 5.41) is 61.2. The standard InChI is InChI=1S/C30H26O12/c31-17-9-7-16(8-10-17)28-29(25(36)23-19(33)12-18(32)13-20(23)40-28)42-30-27(38)26(37)24(35)21(41-30)14-39-22(34)11-6-15-4-2-1-3-5-15/h1-13,21,24,26-27,30-33,35,37-38H,14H2/b11-6-/t21-,24-,26-,27-,30+/m1/s1. The van der Waals surface area contributed by atoms with Crippen molar-refractivity contribution in [3.05, 3.63) is 88.6 Å². The maximum absolute atomic E-state index is 13.5. The Bertz CT molecular complexity index is 1660. The molecule has 0 bridgehead atoms. The number of phenolic OH excluding ortho intramolecular Hbond substituents is 3. The number of aliphatic hydroxyl groups is 3. The molecule has 1 aliphatic rings. The van der Waals surface area contributed by atoms with Gasteiger partial charge in [0, 0.05) is 23.8 Å². The van der Waals surface area contributed by atoms with Gasteiger partial charge in [0.2, 0.25) is 17.5 Å². The Hall–Kier alpha value is -4.88. The Balaban J connectivity index is 1.43. The number of rotatable bonds is 7. The van der Waals surface area contributed by atoms with E-state index >= 15 is 0 Å². The van der Waals surface area contributed by atoms with Crippen molar-refractivity contribution in [2.75, 3.05) is 6.61 Å². The lowest BCUT2D eigenvalue weighted by molar-refractivity contribution is -0.278. The number of aromatic hydroxyl groups is 3. The first kappa shape index (κ1) is 28.6.